The van der Waals surface area contributed by atoms with Crippen molar-refractivity contribution in [3.8, 4) is 0 Å². The molecule has 0 bridgehead atoms. The molecule has 1 aliphatic carbocycles. The van der Waals surface area contributed by atoms with Gasteiger partial charge in [-0.2, -0.15) is 0 Å². The maximum absolute atomic E-state index is 10.8. The van der Waals surface area contributed by atoms with Crippen LogP contribution in [0.5, 0.6) is 0 Å². The highest BCUT2D eigenvalue weighted by Gasteiger charge is 2.17. The van der Waals surface area contributed by atoms with E-state index in [4.69, 9.17) is 4.74 Å². The minimum atomic E-state index is -0.242. The summed E-state index contributed by atoms with van der Waals surface area (Å²) in [5.74, 6) is 1.58. The van der Waals surface area contributed by atoms with Crippen LogP contribution in [0.25, 0.3) is 0 Å². The number of hydrogen-bond acceptors (Lipinski definition) is 2. The largest absolute Gasteiger partial charge is 0.427 e. The summed E-state index contributed by atoms with van der Waals surface area (Å²) >= 11 is 0. The van der Waals surface area contributed by atoms with Gasteiger partial charge in [0.2, 0.25) is 0 Å². The molecule has 0 spiro atoms. The second kappa shape index (κ2) is 4.45. The molecule has 0 fully saturated rings. The van der Waals surface area contributed by atoms with Crippen LogP contribution >= 0.6 is 0 Å². The lowest BCUT2D eigenvalue weighted by atomic mass is 9.87. The summed E-state index contributed by atoms with van der Waals surface area (Å²) in [6.45, 7) is 7.78. The number of ether oxygens (including phenoxy) is 1. The molecule has 2 nitrogen and oxygen atoms in total. The highest BCUT2D eigenvalue weighted by atomic mass is 16.5. The monoisotopic (exact) mass is 194 g/mol. The van der Waals surface area contributed by atoms with Gasteiger partial charge in [0.05, 0.1) is 0 Å². The van der Waals surface area contributed by atoms with E-state index in [1.807, 2.05) is 6.92 Å². The molecule has 14 heavy (non-hydrogen) atoms. The second-order valence-electron chi connectivity index (χ2n) is 4.16. The summed E-state index contributed by atoms with van der Waals surface area (Å²) in [6, 6.07) is 0. The fourth-order valence-electron chi connectivity index (χ4n) is 1.54. The number of rotatable bonds is 2. The van der Waals surface area contributed by atoms with E-state index in [1.54, 1.807) is 0 Å². The average molecular weight is 194 g/mol. The van der Waals surface area contributed by atoms with Gasteiger partial charge in [-0.1, -0.05) is 19.9 Å². The molecule has 1 atom stereocenters. The van der Waals surface area contributed by atoms with Gasteiger partial charge in [-0.15, -0.1) is 0 Å². The summed E-state index contributed by atoms with van der Waals surface area (Å²) in [6.07, 6.45) is 5.26. The van der Waals surface area contributed by atoms with Crippen molar-refractivity contribution >= 4 is 5.97 Å². The third kappa shape index (κ3) is 2.72. The molecule has 0 aromatic carbocycles. The predicted molar refractivity (Wildman–Crippen MR) is 56.6 cm³/mol. The highest BCUT2D eigenvalue weighted by molar-refractivity contribution is 5.68. The predicted octanol–water partition coefficient (Wildman–Crippen LogP) is 3.06. The lowest BCUT2D eigenvalue weighted by molar-refractivity contribution is -0.136. The van der Waals surface area contributed by atoms with Crippen LogP contribution in [-0.4, -0.2) is 5.97 Å². The third-order valence-corrected chi connectivity index (χ3v) is 2.56. The zero-order valence-corrected chi connectivity index (χ0v) is 9.33. The Kier molecular flexibility index (Phi) is 3.50. The molecule has 78 valence electrons. The van der Waals surface area contributed by atoms with Gasteiger partial charge < -0.3 is 4.74 Å². The van der Waals surface area contributed by atoms with Crippen LogP contribution in [0.4, 0.5) is 0 Å². The van der Waals surface area contributed by atoms with Gasteiger partial charge in [0.15, 0.2) is 0 Å². The molecular formula is C12H18O2. The van der Waals surface area contributed by atoms with E-state index < -0.39 is 0 Å². The van der Waals surface area contributed by atoms with Crippen molar-refractivity contribution in [1.82, 2.24) is 0 Å². The maximum Gasteiger partial charge on any atom is 0.308 e. The van der Waals surface area contributed by atoms with Crippen LogP contribution in [0.2, 0.25) is 0 Å². The van der Waals surface area contributed by atoms with Gasteiger partial charge >= 0.3 is 5.97 Å². The highest BCUT2D eigenvalue weighted by Crippen LogP contribution is 2.28. The molecule has 0 aromatic rings. The molecule has 0 N–H and O–H groups in total. The van der Waals surface area contributed by atoms with Crippen molar-refractivity contribution in [2.45, 2.75) is 34.1 Å². The normalized spacial score (nSPS) is 21.6. The smallest absolute Gasteiger partial charge is 0.308 e. The molecule has 0 aromatic heterocycles. The molecule has 0 saturated carbocycles. The SMILES string of the molecule is CC(=O)OC1=C[C@H](C(C)C)CC=C1C. The van der Waals surface area contributed by atoms with Gasteiger partial charge in [0.1, 0.15) is 5.76 Å². The Bertz CT molecular complexity index is 285. The molecule has 0 unspecified atom stereocenters. The molecule has 1 aliphatic rings. The fourth-order valence-corrected chi connectivity index (χ4v) is 1.54. The van der Waals surface area contributed by atoms with Crippen LogP contribution in [0.1, 0.15) is 34.1 Å². The van der Waals surface area contributed by atoms with Crippen molar-refractivity contribution in [3.05, 3.63) is 23.5 Å². The van der Waals surface area contributed by atoms with Crippen molar-refractivity contribution in [2.75, 3.05) is 0 Å². The lowest BCUT2D eigenvalue weighted by Gasteiger charge is -2.22. The van der Waals surface area contributed by atoms with E-state index in [0.717, 1.165) is 17.8 Å². The molecular weight excluding hydrogens is 176 g/mol. The number of hydrogen-bond donors (Lipinski definition) is 0. The Labute approximate surface area is 85.6 Å². The van der Waals surface area contributed by atoms with Crippen LogP contribution in [-0.2, 0) is 9.53 Å². The molecule has 0 saturated heterocycles. The van der Waals surface area contributed by atoms with Crippen LogP contribution in [0.15, 0.2) is 23.5 Å². The molecule has 0 heterocycles. The quantitative estimate of drug-likeness (QED) is 0.631. The first-order valence-corrected chi connectivity index (χ1v) is 5.08. The number of allylic oxidation sites excluding steroid dienone is 3. The summed E-state index contributed by atoms with van der Waals surface area (Å²) < 4.78 is 5.14. The van der Waals surface area contributed by atoms with Crippen molar-refractivity contribution in [2.24, 2.45) is 11.8 Å². The Morgan fingerprint density at radius 1 is 1.57 bits per heavy atom. The number of esters is 1. The van der Waals surface area contributed by atoms with Crippen molar-refractivity contribution in [3.63, 3.8) is 0 Å². The van der Waals surface area contributed by atoms with E-state index in [9.17, 15) is 4.79 Å². The first-order valence-electron chi connectivity index (χ1n) is 5.08. The van der Waals surface area contributed by atoms with Gasteiger partial charge in [-0.25, -0.2) is 0 Å². The van der Waals surface area contributed by atoms with Crippen LogP contribution in [0.3, 0.4) is 0 Å². The number of carbonyl (C=O) groups is 1. The van der Waals surface area contributed by atoms with E-state index in [1.165, 1.54) is 6.92 Å². The summed E-state index contributed by atoms with van der Waals surface area (Å²) in [5.41, 5.74) is 1.07. The first-order chi connectivity index (χ1) is 6.50. The Hall–Kier alpha value is -1.05. The third-order valence-electron chi connectivity index (χ3n) is 2.56. The minimum absolute atomic E-state index is 0.242. The minimum Gasteiger partial charge on any atom is -0.427 e. The van der Waals surface area contributed by atoms with Crippen molar-refractivity contribution in [1.29, 1.82) is 0 Å². The molecule has 1 rings (SSSR count). The molecule has 0 radical (unpaired) electrons. The topological polar surface area (TPSA) is 26.3 Å². The summed E-state index contributed by atoms with van der Waals surface area (Å²) in [5, 5.41) is 0. The van der Waals surface area contributed by atoms with E-state index in [0.29, 0.717) is 11.8 Å². The standard InChI is InChI=1S/C12H18O2/c1-8(2)11-6-5-9(3)12(7-11)14-10(4)13/h5,7-8,11H,6H2,1-4H3/t11-/m1/s1. The van der Waals surface area contributed by atoms with E-state index in [-0.39, 0.29) is 5.97 Å². The Balaban J connectivity index is 2.77. The van der Waals surface area contributed by atoms with Gasteiger partial charge in [0, 0.05) is 6.92 Å². The van der Waals surface area contributed by atoms with Gasteiger partial charge in [-0.3, -0.25) is 4.79 Å². The maximum atomic E-state index is 10.8. The zero-order chi connectivity index (χ0) is 10.7. The van der Waals surface area contributed by atoms with Crippen molar-refractivity contribution < 1.29 is 9.53 Å². The fraction of sp³-hybridized carbons (Fsp3) is 0.583. The zero-order valence-electron chi connectivity index (χ0n) is 9.33. The Morgan fingerprint density at radius 3 is 2.71 bits per heavy atom. The van der Waals surface area contributed by atoms with Crippen LogP contribution < -0.4 is 0 Å². The summed E-state index contributed by atoms with van der Waals surface area (Å²) in [7, 11) is 0. The Morgan fingerprint density at radius 2 is 2.21 bits per heavy atom. The lowest BCUT2D eigenvalue weighted by Crippen LogP contribution is -2.12. The van der Waals surface area contributed by atoms with Gasteiger partial charge in [0.25, 0.3) is 0 Å². The van der Waals surface area contributed by atoms with Crippen LogP contribution in [0, 0.1) is 11.8 Å². The number of carbonyl (C=O) groups excluding carboxylic acids is 1. The molecule has 2 heteroatoms. The van der Waals surface area contributed by atoms with E-state index >= 15 is 0 Å². The molecule has 0 aliphatic heterocycles. The average Bonchev–Trinajstić information content (AvgIpc) is 2.07. The second-order valence-corrected chi connectivity index (χ2v) is 4.16. The van der Waals surface area contributed by atoms with E-state index in [2.05, 4.69) is 26.0 Å². The molecule has 0 amide bonds. The van der Waals surface area contributed by atoms with Gasteiger partial charge in [-0.05, 0) is 36.8 Å². The summed E-state index contributed by atoms with van der Waals surface area (Å²) in [4.78, 5) is 10.8. The first kappa shape index (κ1) is 11.0.